The van der Waals surface area contributed by atoms with Gasteiger partial charge < -0.3 is 15.2 Å². The Hall–Kier alpha value is -1.55. The van der Waals surface area contributed by atoms with E-state index >= 15 is 0 Å². The molecule has 0 bridgehead atoms. The lowest BCUT2D eigenvalue weighted by atomic mass is 10.0. The largest absolute Gasteiger partial charge is 0.481 e. The van der Waals surface area contributed by atoms with E-state index < -0.39 is 6.10 Å². The standard InChI is InChI=1S/C15H23NO3/c1-10(2)13-6-5-7-14(8-13)19-12(4)15(18)16-11(3)9-17/h5-8,10-12,17H,9H2,1-4H3,(H,16,18). The van der Waals surface area contributed by atoms with Crippen molar-refractivity contribution in [2.75, 3.05) is 6.61 Å². The zero-order chi connectivity index (χ0) is 14.4. The van der Waals surface area contributed by atoms with Gasteiger partial charge in [-0.3, -0.25) is 4.79 Å². The van der Waals surface area contributed by atoms with Crippen molar-refractivity contribution in [1.82, 2.24) is 5.32 Å². The molecule has 0 saturated heterocycles. The molecule has 0 aliphatic heterocycles. The summed E-state index contributed by atoms with van der Waals surface area (Å²) in [6, 6.07) is 7.48. The smallest absolute Gasteiger partial charge is 0.261 e. The van der Waals surface area contributed by atoms with Gasteiger partial charge in [0.2, 0.25) is 0 Å². The predicted octanol–water partition coefficient (Wildman–Crippen LogP) is 2.07. The summed E-state index contributed by atoms with van der Waals surface area (Å²) in [5, 5.41) is 11.6. The first-order chi connectivity index (χ1) is 8.93. The second-order valence-corrected chi connectivity index (χ2v) is 5.08. The molecule has 0 aromatic heterocycles. The maximum Gasteiger partial charge on any atom is 0.261 e. The first-order valence-electron chi connectivity index (χ1n) is 6.62. The molecule has 0 saturated carbocycles. The van der Waals surface area contributed by atoms with E-state index in [0.29, 0.717) is 11.7 Å². The van der Waals surface area contributed by atoms with E-state index in [1.165, 1.54) is 5.56 Å². The quantitative estimate of drug-likeness (QED) is 0.828. The predicted molar refractivity (Wildman–Crippen MR) is 75.3 cm³/mol. The summed E-state index contributed by atoms with van der Waals surface area (Å²) in [4.78, 5) is 11.8. The third-order valence-corrected chi connectivity index (χ3v) is 2.87. The third-order valence-electron chi connectivity index (χ3n) is 2.87. The Morgan fingerprint density at radius 2 is 2.00 bits per heavy atom. The molecule has 0 heterocycles. The van der Waals surface area contributed by atoms with Gasteiger partial charge in [0, 0.05) is 6.04 Å². The van der Waals surface area contributed by atoms with Gasteiger partial charge in [-0.05, 0) is 37.5 Å². The molecule has 0 aliphatic carbocycles. The van der Waals surface area contributed by atoms with E-state index in [1.54, 1.807) is 13.8 Å². The van der Waals surface area contributed by atoms with Gasteiger partial charge in [0.05, 0.1) is 6.61 Å². The van der Waals surface area contributed by atoms with E-state index in [4.69, 9.17) is 9.84 Å². The van der Waals surface area contributed by atoms with Gasteiger partial charge in [-0.2, -0.15) is 0 Å². The number of amides is 1. The number of benzene rings is 1. The molecule has 2 unspecified atom stereocenters. The Bertz CT molecular complexity index is 418. The van der Waals surface area contributed by atoms with Crippen LogP contribution in [0, 0.1) is 0 Å². The zero-order valence-electron chi connectivity index (χ0n) is 12.0. The molecular formula is C15H23NO3. The number of carbonyl (C=O) groups excluding carboxylic acids is 1. The molecular weight excluding hydrogens is 242 g/mol. The van der Waals surface area contributed by atoms with Crippen molar-refractivity contribution in [2.24, 2.45) is 0 Å². The molecule has 0 radical (unpaired) electrons. The summed E-state index contributed by atoms with van der Waals surface area (Å²) in [6.45, 7) is 7.57. The van der Waals surface area contributed by atoms with Crippen LogP contribution in [0.4, 0.5) is 0 Å². The van der Waals surface area contributed by atoms with Gasteiger partial charge in [0.1, 0.15) is 5.75 Å². The number of hydrogen-bond donors (Lipinski definition) is 2. The van der Waals surface area contributed by atoms with E-state index in [0.717, 1.165) is 0 Å². The number of ether oxygens (including phenoxy) is 1. The van der Waals surface area contributed by atoms with E-state index in [-0.39, 0.29) is 18.6 Å². The monoisotopic (exact) mass is 265 g/mol. The van der Waals surface area contributed by atoms with Crippen molar-refractivity contribution in [3.8, 4) is 5.75 Å². The molecule has 19 heavy (non-hydrogen) atoms. The van der Waals surface area contributed by atoms with E-state index in [2.05, 4.69) is 19.2 Å². The fourth-order valence-electron chi connectivity index (χ4n) is 1.61. The van der Waals surface area contributed by atoms with Crippen LogP contribution in [0.1, 0.15) is 39.2 Å². The van der Waals surface area contributed by atoms with E-state index in [9.17, 15) is 4.79 Å². The van der Waals surface area contributed by atoms with Crippen LogP contribution in [0.25, 0.3) is 0 Å². The van der Waals surface area contributed by atoms with Crippen LogP contribution in [-0.2, 0) is 4.79 Å². The second-order valence-electron chi connectivity index (χ2n) is 5.08. The van der Waals surface area contributed by atoms with Crippen molar-refractivity contribution in [2.45, 2.75) is 45.8 Å². The van der Waals surface area contributed by atoms with Crippen LogP contribution in [-0.4, -0.2) is 29.8 Å². The van der Waals surface area contributed by atoms with Gasteiger partial charge in [-0.1, -0.05) is 26.0 Å². The average Bonchev–Trinajstić information content (AvgIpc) is 2.38. The van der Waals surface area contributed by atoms with Gasteiger partial charge in [-0.25, -0.2) is 0 Å². The molecule has 2 atom stereocenters. The highest BCUT2D eigenvalue weighted by Crippen LogP contribution is 2.20. The zero-order valence-corrected chi connectivity index (χ0v) is 12.0. The lowest BCUT2D eigenvalue weighted by molar-refractivity contribution is -0.128. The Balaban J connectivity index is 2.63. The van der Waals surface area contributed by atoms with Gasteiger partial charge in [0.25, 0.3) is 5.91 Å². The number of hydrogen-bond acceptors (Lipinski definition) is 3. The van der Waals surface area contributed by atoms with Crippen LogP contribution in [0.3, 0.4) is 0 Å². The van der Waals surface area contributed by atoms with Crippen LogP contribution in [0.2, 0.25) is 0 Å². The molecule has 4 nitrogen and oxygen atoms in total. The number of nitrogens with one attached hydrogen (secondary N) is 1. The van der Waals surface area contributed by atoms with Gasteiger partial charge in [-0.15, -0.1) is 0 Å². The number of carbonyl (C=O) groups is 1. The molecule has 2 N–H and O–H groups in total. The lowest BCUT2D eigenvalue weighted by Crippen LogP contribution is -2.42. The maximum atomic E-state index is 11.8. The molecule has 0 aliphatic rings. The van der Waals surface area contributed by atoms with Crippen molar-refractivity contribution in [3.05, 3.63) is 29.8 Å². The molecule has 1 amide bonds. The summed E-state index contributed by atoms with van der Waals surface area (Å²) >= 11 is 0. The maximum absolute atomic E-state index is 11.8. The minimum atomic E-state index is -0.587. The molecule has 1 aromatic rings. The highest BCUT2D eigenvalue weighted by molar-refractivity contribution is 5.80. The highest BCUT2D eigenvalue weighted by atomic mass is 16.5. The van der Waals surface area contributed by atoms with Crippen LogP contribution in [0.5, 0.6) is 5.75 Å². The van der Waals surface area contributed by atoms with Crippen molar-refractivity contribution >= 4 is 5.91 Å². The SMILES string of the molecule is CC(CO)NC(=O)C(C)Oc1cccc(C(C)C)c1. The normalized spacial score (nSPS) is 14.0. The second kappa shape index (κ2) is 7.14. The van der Waals surface area contributed by atoms with Crippen LogP contribution >= 0.6 is 0 Å². The molecule has 106 valence electrons. The average molecular weight is 265 g/mol. The Labute approximate surface area is 114 Å². The summed E-state index contributed by atoms with van der Waals surface area (Å²) in [7, 11) is 0. The van der Waals surface area contributed by atoms with Crippen LogP contribution < -0.4 is 10.1 Å². The first-order valence-corrected chi connectivity index (χ1v) is 6.62. The summed E-state index contributed by atoms with van der Waals surface area (Å²) in [5.74, 6) is 0.879. The Morgan fingerprint density at radius 3 is 2.58 bits per heavy atom. The minimum absolute atomic E-state index is 0.0820. The third kappa shape index (κ3) is 4.91. The summed E-state index contributed by atoms with van der Waals surface area (Å²) < 4.78 is 5.62. The molecule has 0 fully saturated rings. The summed E-state index contributed by atoms with van der Waals surface area (Å²) in [6.07, 6.45) is -0.587. The van der Waals surface area contributed by atoms with Gasteiger partial charge >= 0.3 is 0 Å². The minimum Gasteiger partial charge on any atom is -0.481 e. The lowest BCUT2D eigenvalue weighted by Gasteiger charge is -2.18. The highest BCUT2D eigenvalue weighted by Gasteiger charge is 2.16. The Morgan fingerprint density at radius 1 is 1.32 bits per heavy atom. The Kier molecular flexibility index (Phi) is 5.83. The van der Waals surface area contributed by atoms with E-state index in [1.807, 2.05) is 24.3 Å². The number of aliphatic hydroxyl groups excluding tert-OH is 1. The fourth-order valence-corrected chi connectivity index (χ4v) is 1.61. The molecule has 1 rings (SSSR count). The molecule has 1 aromatic carbocycles. The first kappa shape index (κ1) is 15.5. The topological polar surface area (TPSA) is 58.6 Å². The van der Waals surface area contributed by atoms with Crippen molar-refractivity contribution in [3.63, 3.8) is 0 Å². The summed E-state index contributed by atoms with van der Waals surface area (Å²) in [5.41, 5.74) is 1.17. The van der Waals surface area contributed by atoms with Crippen molar-refractivity contribution in [1.29, 1.82) is 0 Å². The fraction of sp³-hybridized carbons (Fsp3) is 0.533. The molecule has 4 heteroatoms. The van der Waals surface area contributed by atoms with Gasteiger partial charge in [0.15, 0.2) is 6.10 Å². The van der Waals surface area contributed by atoms with Crippen LogP contribution in [0.15, 0.2) is 24.3 Å². The molecule has 0 spiro atoms. The number of aliphatic hydroxyl groups is 1. The van der Waals surface area contributed by atoms with Crippen molar-refractivity contribution < 1.29 is 14.6 Å². The number of rotatable bonds is 6.